The molecule has 0 radical (unpaired) electrons. The molecule has 0 atom stereocenters. The number of hydrogen-bond acceptors (Lipinski definition) is 4. The standard InChI is InChI=1S/C14H20N2O5S/c1-10-6-7-11(9-12(10)15-22(3,20)21)14(19)16(2)8-4-5-13(17)18/h6-7,9,15H,4-5,8H2,1-3H3,(H,17,18). The molecule has 0 aliphatic heterocycles. The van der Waals surface area contributed by atoms with Gasteiger partial charge < -0.3 is 10.0 Å². The molecule has 0 aromatic heterocycles. The lowest BCUT2D eigenvalue weighted by Gasteiger charge is -2.18. The Labute approximate surface area is 130 Å². The van der Waals surface area contributed by atoms with E-state index in [0.29, 0.717) is 29.8 Å². The topological polar surface area (TPSA) is 104 Å². The van der Waals surface area contributed by atoms with Crippen molar-refractivity contribution in [3.63, 3.8) is 0 Å². The third kappa shape index (κ3) is 5.72. The van der Waals surface area contributed by atoms with Gasteiger partial charge >= 0.3 is 5.97 Å². The first kappa shape index (κ1) is 18.0. The minimum atomic E-state index is -3.43. The summed E-state index contributed by atoms with van der Waals surface area (Å²) in [5.41, 5.74) is 1.40. The van der Waals surface area contributed by atoms with Crippen molar-refractivity contribution < 1.29 is 23.1 Å². The van der Waals surface area contributed by atoms with Crippen LogP contribution in [-0.2, 0) is 14.8 Å². The molecular weight excluding hydrogens is 308 g/mol. The Morgan fingerprint density at radius 1 is 1.32 bits per heavy atom. The van der Waals surface area contributed by atoms with E-state index in [-0.39, 0.29) is 12.3 Å². The Bertz CT molecular complexity index is 670. The summed E-state index contributed by atoms with van der Waals surface area (Å²) in [6, 6.07) is 4.75. The second kappa shape index (κ2) is 7.26. The van der Waals surface area contributed by atoms with E-state index in [9.17, 15) is 18.0 Å². The highest BCUT2D eigenvalue weighted by Crippen LogP contribution is 2.19. The number of anilines is 1. The monoisotopic (exact) mass is 328 g/mol. The van der Waals surface area contributed by atoms with Gasteiger partial charge in [-0.05, 0) is 31.0 Å². The zero-order chi connectivity index (χ0) is 16.9. The van der Waals surface area contributed by atoms with Crippen molar-refractivity contribution in [1.82, 2.24) is 4.90 Å². The molecule has 1 rings (SSSR count). The predicted molar refractivity (Wildman–Crippen MR) is 83.5 cm³/mol. The molecule has 1 amide bonds. The average Bonchev–Trinajstić information content (AvgIpc) is 2.38. The van der Waals surface area contributed by atoms with E-state index in [2.05, 4.69) is 4.72 Å². The van der Waals surface area contributed by atoms with Gasteiger partial charge in [0.15, 0.2) is 0 Å². The van der Waals surface area contributed by atoms with Gasteiger partial charge in [0.25, 0.3) is 5.91 Å². The van der Waals surface area contributed by atoms with Crippen LogP contribution in [0.3, 0.4) is 0 Å². The first-order chi connectivity index (χ1) is 10.1. The molecule has 1 aromatic carbocycles. The average molecular weight is 328 g/mol. The third-order valence-electron chi connectivity index (χ3n) is 3.01. The quantitative estimate of drug-likeness (QED) is 0.785. The van der Waals surface area contributed by atoms with Crippen LogP contribution in [0.5, 0.6) is 0 Å². The maximum absolute atomic E-state index is 12.3. The molecule has 0 saturated carbocycles. The van der Waals surface area contributed by atoms with E-state index < -0.39 is 16.0 Å². The van der Waals surface area contributed by atoms with Gasteiger partial charge in [0.1, 0.15) is 0 Å². The number of aliphatic carboxylic acids is 1. The molecule has 7 nitrogen and oxygen atoms in total. The van der Waals surface area contributed by atoms with Gasteiger partial charge in [-0.1, -0.05) is 6.07 Å². The van der Waals surface area contributed by atoms with Gasteiger partial charge in [0.05, 0.1) is 11.9 Å². The van der Waals surface area contributed by atoms with Crippen LogP contribution in [0.4, 0.5) is 5.69 Å². The van der Waals surface area contributed by atoms with Crippen LogP contribution in [0, 0.1) is 6.92 Å². The first-order valence-corrected chi connectivity index (χ1v) is 8.55. The molecule has 0 unspecified atom stereocenters. The van der Waals surface area contributed by atoms with Crippen LogP contribution in [0.1, 0.15) is 28.8 Å². The second-order valence-electron chi connectivity index (χ2n) is 5.13. The van der Waals surface area contributed by atoms with Crippen molar-refractivity contribution >= 4 is 27.6 Å². The zero-order valence-electron chi connectivity index (χ0n) is 12.8. The molecule has 22 heavy (non-hydrogen) atoms. The molecule has 2 N–H and O–H groups in total. The fourth-order valence-corrected chi connectivity index (χ4v) is 2.47. The van der Waals surface area contributed by atoms with Crippen LogP contribution in [0.2, 0.25) is 0 Å². The fraction of sp³-hybridized carbons (Fsp3) is 0.429. The summed E-state index contributed by atoms with van der Waals surface area (Å²) in [6.07, 6.45) is 1.39. The summed E-state index contributed by atoms with van der Waals surface area (Å²) in [6.45, 7) is 2.05. The summed E-state index contributed by atoms with van der Waals surface area (Å²) in [5.74, 6) is -1.20. The molecule has 0 bridgehead atoms. The number of benzene rings is 1. The van der Waals surface area contributed by atoms with Gasteiger partial charge in [-0.2, -0.15) is 0 Å². The molecule has 8 heteroatoms. The Morgan fingerprint density at radius 2 is 1.95 bits per heavy atom. The van der Waals surface area contributed by atoms with Gasteiger partial charge in [0, 0.05) is 25.6 Å². The van der Waals surface area contributed by atoms with Crippen molar-refractivity contribution in [2.75, 3.05) is 24.6 Å². The number of rotatable bonds is 7. The molecule has 0 fully saturated rings. The zero-order valence-corrected chi connectivity index (χ0v) is 13.6. The summed E-state index contributed by atoms with van der Waals surface area (Å²) >= 11 is 0. The van der Waals surface area contributed by atoms with E-state index in [0.717, 1.165) is 6.26 Å². The van der Waals surface area contributed by atoms with Crippen LogP contribution >= 0.6 is 0 Å². The van der Waals surface area contributed by atoms with E-state index >= 15 is 0 Å². The molecule has 1 aromatic rings. The highest BCUT2D eigenvalue weighted by Gasteiger charge is 2.14. The number of nitrogens with zero attached hydrogens (tertiary/aromatic N) is 1. The summed E-state index contributed by atoms with van der Waals surface area (Å²) < 4.78 is 25.0. The van der Waals surface area contributed by atoms with Gasteiger partial charge in [-0.3, -0.25) is 14.3 Å². The number of nitrogens with one attached hydrogen (secondary N) is 1. The number of sulfonamides is 1. The molecule has 0 aliphatic carbocycles. The van der Waals surface area contributed by atoms with Crippen molar-refractivity contribution in [1.29, 1.82) is 0 Å². The van der Waals surface area contributed by atoms with Crippen LogP contribution in [0.15, 0.2) is 18.2 Å². The number of amides is 1. The maximum atomic E-state index is 12.3. The molecule has 0 aliphatic rings. The lowest BCUT2D eigenvalue weighted by molar-refractivity contribution is -0.137. The number of hydrogen-bond donors (Lipinski definition) is 2. The van der Waals surface area contributed by atoms with E-state index in [1.54, 1.807) is 26.1 Å². The normalized spacial score (nSPS) is 11.0. The van der Waals surface area contributed by atoms with Crippen molar-refractivity contribution in [2.24, 2.45) is 0 Å². The predicted octanol–water partition coefficient (Wildman–Crippen LogP) is 1.30. The molecular formula is C14H20N2O5S. The third-order valence-corrected chi connectivity index (χ3v) is 3.60. The highest BCUT2D eigenvalue weighted by molar-refractivity contribution is 7.92. The lowest BCUT2D eigenvalue weighted by Crippen LogP contribution is -2.28. The van der Waals surface area contributed by atoms with Crippen molar-refractivity contribution in [3.05, 3.63) is 29.3 Å². The molecule has 0 heterocycles. The number of carbonyl (C=O) groups excluding carboxylic acids is 1. The Balaban J connectivity index is 2.85. The van der Waals surface area contributed by atoms with Crippen LogP contribution in [-0.4, -0.2) is 50.1 Å². The van der Waals surface area contributed by atoms with Gasteiger partial charge in [-0.25, -0.2) is 8.42 Å². The lowest BCUT2D eigenvalue weighted by atomic mass is 10.1. The first-order valence-electron chi connectivity index (χ1n) is 6.66. The summed E-state index contributed by atoms with van der Waals surface area (Å²) in [5, 5.41) is 8.59. The van der Waals surface area contributed by atoms with E-state index in [4.69, 9.17) is 5.11 Å². The van der Waals surface area contributed by atoms with Crippen molar-refractivity contribution in [3.8, 4) is 0 Å². The van der Waals surface area contributed by atoms with Crippen LogP contribution in [0.25, 0.3) is 0 Å². The maximum Gasteiger partial charge on any atom is 0.303 e. The number of aryl methyl sites for hydroxylation is 1. The van der Waals surface area contributed by atoms with E-state index in [1.807, 2.05) is 0 Å². The Kier molecular flexibility index (Phi) is 5.92. The molecule has 122 valence electrons. The number of carboxylic acid groups (broad SMARTS) is 1. The SMILES string of the molecule is Cc1ccc(C(=O)N(C)CCCC(=O)O)cc1NS(C)(=O)=O. The number of carboxylic acids is 1. The Morgan fingerprint density at radius 3 is 2.50 bits per heavy atom. The van der Waals surface area contributed by atoms with E-state index in [1.165, 1.54) is 11.0 Å². The van der Waals surface area contributed by atoms with Gasteiger partial charge in [-0.15, -0.1) is 0 Å². The minimum absolute atomic E-state index is 0.00754. The largest absolute Gasteiger partial charge is 0.481 e. The smallest absolute Gasteiger partial charge is 0.303 e. The molecule has 0 saturated heterocycles. The summed E-state index contributed by atoms with van der Waals surface area (Å²) in [7, 11) is -1.85. The highest BCUT2D eigenvalue weighted by atomic mass is 32.2. The minimum Gasteiger partial charge on any atom is -0.481 e. The Hall–Kier alpha value is -2.09. The van der Waals surface area contributed by atoms with Crippen molar-refractivity contribution in [2.45, 2.75) is 19.8 Å². The summed E-state index contributed by atoms with van der Waals surface area (Å²) in [4.78, 5) is 24.1. The fourth-order valence-electron chi connectivity index (χ4n) is 1.85. The second-order valence-corrected chi connectivity index (χ2v) is 6.88. The van der Waals surface area contributed by atoms with Gasteiger partial charge in [0.2, 0.25) is 10.0 Å². The van der Waals surface area contributed by atoms with Crippen LogP contribution < -0.4 is 4.72 Å². The number of carbonyl (C=O) groups is 2. The molecule has 0 spiro atoms.